The van der Waals surface area contributed by atoms with Gasteiger partial charge in [0.25, 0.3) is 0 Å². The van der Waals surface area contributed by atoms with Crippen molar-refractivity contribution in [1.82, 2.24) is 19.1 Å². The Labute approximate surface area is 140 Å². The molecule has 9 heteroatoms. The molecule has 0 radical (unpaired) electrons. The zero-order valence-corrected chi connectivity index (χ0v) is 14.0. The summed E-state index contributed by atoms with van der Waals surface area (Å²) in [7, 11) is -2.38. The van der Waals surface area contributed by atoms with Crippen LogP contribution in [0.25, 0.3) is 0 Å². The minimum absolute atomic E-state index is 0.101. The second-order valence-electron chi connectivity index (χ2n) is 5.53. The average molecular weight is 350 g/mol. The molecule has 1 aliphatic heterocycles. The molecule has 1 aromatic heterocycles. The van der Waals surface area contributed by atoms with Crippen LogP contribution in [-0.4, -0.2) is 53.7 Å². The van der Waals surface area contributed by atoms with Crippen LogP contribution in [0.2, 0.25) is 0 Å². The molecule has 2 heterocycles. The summed E-state index contributed by atoms with van der Waals surface area (Å²) in [6.07, 6.45) is 4.45. The summed E-state index contributed by atoms with van der Waals surface area (Å²) in [4.78, 5) is 15.6. The van der Waals surface area contributed by atoms with Crippen LogP contribution in [0.3, 0.4) is 0 Å². The molecule has 0 saturated carbocycles. The SMILES string of the molecule is COC(=O)c1cccc(S(=O)(=O)N2CCC(n3cncn3)CC2)c1. The van der Waals surface area contributed by atoms with Crippen molar-refractivity contribution in [2.75, 3.05) is 20.2 Å². The Morgan fingerprint density at radius 2 is 2.04 bits per heavy atom. The fraction of sp³-hybridized carbons (Fsp3) is 0.400. The molecule has 0 amide bonds. The molecule has 128 valence electrons. The number of carbonyl (C=O) groups is 1. The van der Waals surface area contributed by atoms with Crippen molar-refractivity contribution in [3.8, 4) is 0 Å². The summed E-state index contributed by atoms with van der Waals surface area (Å²) in [6, 6.07) is 6.07. The van der Waals surface area contributed by atoms with Gasteiger partial charge in [0.05, 0.1) is 23.6 Å². The summed E-state index contributed by atoms with van der Waals surface area (Å²) in [5.41, 5.74) is 0.219. The quantitative estimate of drug-likeness (QED) is 0.766. The number of esters is 1. The predicted molar refractivity (Wildman–Crippen MR) is 84.8 cm³/mol. The first-order valence-electron chi connectivity index (χ1n) is 7.55. The van der Waals surface area contributed by atoms with Gasteiger partial charge in [0.1, 0.15) is 12.7 Å². The number of nitrogens with zero attached hydrogens (tertiary/aromatic N) is 4. The molecule has 0 N–H and O–H groups in total. The first kappa shape index (κ1) is 16.6. The number of carbonyl (C=O) groups excluding carboxylic acids is 1. The molecule has 8 nitrogen and oxygen atoms in total. The molecule has 1 aliphatic rings. The van der Waals surface area contributed by atoms with Crippen LogP contribution < -0.4 is 0 Å². The molecule has 2 aromatic rings. The normalized spacial score (nSPS) is 16.9. The van der Waals surface area contributed by atoms with Crippen molar-refractivity contribution in [2.45, 2.75) is 23.8 Å². The number of aromatic nitrogens is 3. The molecule has 0 atom stereocenters. The molecular weight excluding hydrogens is 332 g/mol. The molecule has 0 aliphatic carbocycles. The van der Waals surface area contributed by atoms with E-state index in [4.69, 9.17) is 0 Å². The summed E-state index contributed by atoms with van der Waals surface area (Å²) in [6.45, 7) is 0.796. The summed E-state index contributed by atoms with van der Waals surface area (Å²) in [5, 5.41) is 4.11. The Kier molecular flexibility index (Phi) is 4.63. The number of ether oxygens (including phenoxy) is 1. The lowest BCUT2D eigenvalue weighted by molar-refractivity contribution is 0.0600. The second-order valence-corrected chi connectivity index (χ2v) is 7.47. The van der Waals surface area contributed by atoms with Gasteiger partial charge in [-0.15, -0.1) is 0 Å². The van der Waals surface area contributed by atoms with Gasteiger partial charge in [-0.3, -0.25) is 0 Å². The summed E-state index contributed by atoms with van der Waals surface area (Å²) in [5.74, 6) is -0.558. The van der Waals surface area contributed by atoms with Gasteiger partial charge in [0, 0.05) is 13.1 Å². The lowest BCUT2D eigenvalue weighted by Gasteiger charge is -2.31. The molecule has 0 bridgehead atoms. The van der Waals surface area contributed by atoms with Crippen molar-refractivity contribution in [1.29, 1.82) is 0 Å². The van der Waals surface area contributed by atoms with E-state index in [0.29, 0.717) is 25.9 Å². The summed E-state index contributed by atoms with van der Waals surface area (Å²) < 4.78 is 33.4. The van der Waals surface area contributed by atoms with Crippen LogP contribution in [0.4, 0.5) is 0 Å². The lowest BCUT2D eigenvalue weighted by atomic mass is 10.1. The highest BCUT2D eigenvalue weighted by atomic mass is 32.2. The fourth-order valence-electron chi connectivity index (χ4n) is 2.80. The standard InChI is InChI=1S/C15H18N4O4S/c1-23-15(20)12-3-2-4-14(9-12)24(21,22)18-7-5-13(6-8-18)19-11-16-10-17-19/h2-4,9-11,13H,5-8H2,1H3. The van der Waals surface area contributed by atoms with E-state index in [-0.39, 0.29) is 16.5 Å². The predicted octanol–water partition coefficient (Wildman–Crippen LogP) is 1.09. The lowest BCUT2D eigenvalue weighted by Crippen LogP contribution is -2.39. The topological polar surface area (TPSA) is 94.4 Å². The molecule has 1 aromatic carbocycles. The number of rotatable bonds is 4. The van der Waals surface area contributed by atoms with E-state index in [1.165, 1.54) is 35.9 Å². The van der Waals surface area contributed by atoms with Crippen molar-refractivity contribution < 1.29 is 17.9 Å². The number of methoxy groups -OCH3 is 1. The molecule has 0 spiro atoms. The monoisotopic (exact) mass is 350 g/mol. The molecule has 1 saturated heterocycles. The molecule has 3 rings (SSSR count). The number of benzene rings is 1. The molecular formula is C15H18N4O4S. The highest BCUT2D eigenvalue weighted by Crippen LogP contribution is 2.26. The van der Waals surface area contributed by atoms with Crippen LogP contribution in [0.5, 0.6) is 0 Å². The van der Waals surface area contributed by atoms with Crippen molar-refractivity contribution >= 4 is 16.0 Å². The van der Waals surface area contributed by atoms with Gasteiger partial charge >= 0.3 is 5.97 Å². The number of hydrogen-bond acceptors (Lipinski definition) is 6. The van der Waals surface area contributed by atoms with E-state index in [2.05, 4.69) is 14.8 Å². The first-order valence-corrected chi connectivity index (χ1v) is 8.99. The van der Waals surface area contributed by atoms with Crippen LogP contribution in [0.1, 0.15) is 29.2 Å². The molecule has 0 unspecified atom stereocenters. The third kappa shape index (κ3) is 3.17. The van der Waals surface area contributed by atoms with E-state index >= 15 is 0 Å². The Morgan fingerprint density at radius 1 is 1.29 bits per heavy atom. The van der Waals surface area contributed by atoms with Crippen LogP contribution >= 0.6 is 0 Å². The zero-order chi connectivity index (χ0) is 17.2. The third-order valence-corrected chi connectivity index (χ3v) is 6.02. The van der Waals surface area contributed by atoms with Crippen molar-refractivity contribution in [3.05, 3.63) is 42.5 Å². The van der Waals surface area contributed by atoms with E-state index in [9.17, 15) is 13.2 Å². The minimum atomic E-state index is -3.64. The fourth-order valence-corrected chi connectivity index (χ4v) is 4.32. The summed E-state index contributed by atoms with van der Waals surface area (Å²) >= 11 is 0. The van der Waals surface area contributed by atoms with E-state index in [0.717, 1.165) is 0 Å². The van der Waals surface area contributed by atoms with Gasteiger partial charge < -0.3 is 4.74 Å². The average Bonchev–Trinajstić information content (AvgIpc) is 3.16. The van der Waals surface area contributed by atoms with Crippen LogP contribution in [-0.2, 0) is 14.8 Å². The van der Waals surface area contributed by atoms with Gasteiger partial charge in [0.2, 0.25) is 10.0 Å². The molecule has 1 fully saturated rings. The maximum Gasteiger partial charge on any atom is 0.337 e. The maximum atomic E-state index is 12.8. The van der Waals surface area contributed by atoms with Crippen LogP contribution in [0, 0.1) is 0 Å². The zero-order valence-electron chi connectivity index (χ0n) is 13.2. The van der Waals surface area contributed by atoms with Crippen molar-refractivity contribution in [3.63, 3.8) is 0 Å². The van der Waals surface area contributed by atoms with Crippen molar-refractivity contribution in [2.24, 2.45) is 0 Å². The Bertz CT molecular complexity index is 812. The second kappa shape index (κ2) is 6.70. The number of hydrogen-bond donors (Lipinski definition) is 0. The van der Waals surface area contributed by atoms with E-state index in [1.807, 2.05) is 0 Å². The highest BCUT2D eigenvalue weighted by molar-refractivity contribution is 7.89. The third-order valence-electron chi connectivity index (χ3n) is 4.13. The maximum absolute atomic E-state index is 12.8. The van der Waals surface area contributed by atoms with E-state index in [1.54, 1.807) is 17.1 Å². The van der Waals surface area contributed by atoms with Gasteiger partial charge in [0.15, 0.2) is 0 Å². The number of sulfonamides is 1. The highest BCUT2D eigenvalue weighted by Gasteiger charge is 2.30. The first-order chi connectivity index (χ1) is 11.5. The van der Waals surface area contributed by atoms with Gasteiger partial charge in [-0.25, -0.2) is 22.9 Å². The van der Waals surface area contributed by atoms with E-state index < -0.39 is 16.0 Å². The Hall–Kier alpha value is -2.26. The van der Waals surface area contributed by atoms with Gasteiger partial charge in [-0.1, -0.05) is 6.07 Å². The molecule has 24 heavy (non-hydrogen) atoms. The largest absolute Gasteiger partial charge is 0.465 e. The smallest absolute Gasteiger partial charge is 0.337 e. The Balaban J connectivity index is 1.76. The minimum Gasteiger partial charge on any atom is -0.465 e. The Morgan fingerprint density at radius 3 is 2.67 bits per heavy atom. The van der Waals surface area contributed by atoms with Gasteiger partial charge in [-0.2, -0.15) is 9.40 Å². The number of piperidine rings is 1. The van der Waals surface area contributed by atoms with Gasteiger partial charge in [-0.05, 0) is 31.0 Å². The van der Waals surface area contributed by atoms with Crippen LogP contribution in [0.15, 0.2) is 41.8 Å².